The number of halogens is 1. The smallest absolute Gasteiger partial charge is 0.352 e. The van der Waals surface area contributed by atoms with Crippen LogP contribution in [0.2, 0.25) is 0 Å². The molecule has 0 aliphatic carbocycles. The van der Waals surface area contributed by atoms with Gasteiger partial charge in [0.05, 0.1) is 0 Å². The van der Waals surface area contributed by atoms with Gasteiger partial charge in [0.25, 0.3) is 0 Å². The fraction of sp³-hybridized carbons (Fsp3) is 0.417. The van der Waals surface area contributed by atoms with Crippen LogP contribution in [0, 0.1) is 6.92 Å². The lowest BCUT2D eigenvalue weighted by Gasteiger charge is -2.48. The number of carbonyl (C=O) groups is 2. The van der Waals surface area contributed by atoms with Gasteiger partial charge in [-0.2, -0.15) is 0 Å². The maximum absolute atomic E-state index is 11.8. The summed E-state index contributed by atoms with van der Waals surface area (Å²) in [6.45, 7) is 2.27. The van der Waals surface area contributed by atoms with Crippen LogP contribution >= 0.6 is 35.7 Å². The van der Waals surface area contributed by atoms with E-state index in [2.05, 4.69) is 4.98 Å². The highest BCUT2D eigenvalue weighted by Crippen LogP contribution is 2.39. The van der Waals surface area contributed by atoms with Crippen LogP contribution in [0.3, 0.4) is 0 Å². The molecule has 9 heteroatoms. The molecule has 2 atom stereocenters. The van der Waals surface area contributed by atoms with Crippen molar-refractivity contribution in [3.63, 3.8) is 0 Å². The molecule has 1 amide bonds. The molecule has 0 saturated carbocycles. The number of β-lactam (4-membered cyclic amide) rings is 1. The Morgan fingerprint density at radius 2 is 2.33 bits per heavy atom. The Kier molecular flexibility index (Phi) is 4.63. The van der Waals surface area contributed by atoms with Crippen molar-refractivity contribution in [3.05, 3.63) is 29.5 Å². The Hall–Kier alpha value is -1.07. The fourth-order valence-electron chi connectivity index (χ4n) is 2.48. The summed E-state index contributed by atoms with van der Waals surface area (Å²) in [6, 6.07) is -0.592. The summed E-state index contributed by atoms with van der Waals surface area (Å²) in [5.74, 6) is -0.0368. The van der Waals surface area contributed by atoms with Crippen LogP contribution in [-0.4, -0.2) is 48.6 Å². The Labute approximate surface area is 142 Å². The molecular formula is C12H15IN4O3S. The van der Waals surface area contributed by atoms with Crippen LogP contribution in [0.15, 0.2) is 23.7 Å². The zero-order valence-corrected chi connectivity index (χ0v) is 14.4. The molecule has 1 aromatic rings. The Balaban J connectivity index is 0.00000161. The largest absolute Gasteiger partial charge is 0.477 e. The molecule has 3 rings (SSSR count). The number of imidazole rings is 1. The van der Waals surface area contributed by atoms with Crippen molar-refractivity contribution in [1.82, 2.24) is 14.5 Å². The van der Waals surface area contributed by atoms with E-state index in [9.17, 15) is 14.7 Å². The molecule has 3 heterocycles. The number of carboxylic acids is 1. The number of rotatable bonds is 3. The van der Waals surface area contributed by atoms with Crippen LogP contribution in [-0.2, 0) is 16.1 Å². The van der Waals surface area contributed by atoms with Gasteiger partial charge in [-0.1, -0.05) is 0 Å². The van der Waals surface area contributed by atoms with Gasteiger partial charge in [-0.05, 0) is 12.5 Å². The molecule has 2 aliphatic heterocycles. The molecule has 2 aliphatic rings. The second kappa shape index (κ2) is 5.97. The van der Waals surface area contributed by atoms with Gasteiger partial charge in [-0.25, -0.2) is 9.78 Å². The first-order valence-electron chi connectivity index (χ1n) is 6.14. The van der Waals surface area contributed by atoms with Crippen molar-refractivity contribution in [2.24, 2.45) is 5.73 Å². The summed E-state index contributed by atoms with van der Waals surface area (Å²) < 4.78 is 1.86. The van der Waals surface area contributed by atoms with Gasteiger partial charge in [0.2, 0.25) is 5.91 Å². The second-order valence-corrected chi connectivity index (χ2v) is 5.90. The lowest BCUT2D eigenvalue weighted by atomic mass is 10.0. The summed E-state index contributed by atoms with van der Waals surface area (Å²) in [6.07, 6.45) is 3.46. The van der Waals surface area contributed by atoms with Gasteiger partial charge in [0.15, 0.2) is 0 Å². The molecule has 0 bridgehead atoms. The zero-order valence-electron chi connectivity index (χ0n) is 11.2. The molecule has 0 aromatic carbocycles. The normalized spacial score (nSPS) is 24.3. The van der Waals surface area contributed by atoms with Gasteiger partial charge in [0, 0.05) is 24.7 Å². The summed E-state index contributed by atoms with van der Waals surface area (Å²) in [7, 11) is 0. The monoisotopic (exact) mass is 422 g/mol. The van der Waals surface area contributed by atoms with E-state index in [1.54, 1.807) is 12.4 Å². The highest BCUT2D eigenvalue weighted by Gasteiger charge is 2.51. The number of carbonyl (C=O) groups excluding carboxylic acids is 1. The van der Waals surface area contributed by atoms with E-state index in [-0.39, 0.29) is 41.0 Å². The molecule has 1 aromatic heterocycles. The standard InChI is InChI=1S/C12H14N4O3S.HI/c1-6-14-2-3-15(6)4-7-5-20-11-8(13)10(17)16(11)9(7)12(18)19;/h2-3,8,11H,4-5,13H2,1H3,(H,18,19);1H/t8?,11-;/m1./s1. The van der Waals surface area contributed by atoms with Crippen LogP contribution < -0.4 is 5.73 Å². The second-order valence-electron chi connectivity index (χ2n) is 4.80. The highest BCUT2D eigenvalue weighted by atomic mass is 127. The summed E-state index contributed by atoms with van der Waals surface area (Å²) in [5.41, 5.74) is 6.49. The SMILES string of the molecule is Cc1nccn1CC1=C(C(=O)O)N2C(=O)C(N)[C@H]2SC1.I. The number of hydrogen-bond acceptors (Lipinski definition) is 5. The minimum Gasteiger partial charge on any atom is -0.477 e. The third-order valence-electron chi connectivity index (χ3n) is 3.58. The fourth-order valence-corrected chi connectivity index (χ4v) is 3.76. The Morgan fingerprint density at radius 3 is 2.90 bits per heavy atom. The number of aryl methyl sites for hydroxylation is 1. The first-order chi connectivity index (χ1) is 9.50. The molecule has 1 saturated heterocycles. The number of thioether (sulfide) groups is 1. The van der Waals surface area contributed by atoms with Crippen molar-refractivity contribution in [1.29, 1.82) is 0 Å². The lowest BCUT2D eigenvalue weighted by Crippen LogP contribution is -2.68. The van der Waals surface area contributed by atoms with Crippen LogP contribution in [0.4, 0.5) is 0 Å². The predicted octanol–water partition coefficient (Wildman–Crippen LogP) is 0.391. The average molecular weight is 422 g/mol. The number of hydrogen-bond donors (Lipinski definition) is 2. The van der Waals surface area contributed by atoms with Gasteiger partial charge in [0.1, 0.15) is 22.9 Å². The average Bonchev–Trinajstić information content (AvgIpc) is 2.82. The van der Waals surface area contributed by atoms with Crippen LogP contribution in [0.25, 0.3) is 0 Å². The third-order valence-corrected chi connectivity index (χ3v) is 4.94. The quantitative estimate of drug-likeness (QED) is 0.540. The van der Waals surface area contributed by atoms with E-state index in [0.29, 0.717) is 17.9 Å². The maximum Gasteiger partial charge on any atom is 0.352 e. The number of nitrogens with two attached hydrogens (primary N) is 1. The number of aliphatic carboxylic acids is 1. The Morgan fingerprint density at radius 1 is 1.62 bits per heavy atom. The number of carboxylic acid groups (broad SMARTS) is 1. The maximum atomic E-state index is 11.8. The minimum atomic E-state index is -1.08. The first-order valence-corrected chi connectivity index (χ1v) is 7.19. The Bertz CT molecular complexity index is 630. The topological polar surface area (TPSA) is 101 Å². The number of fused-ring (bicyclic) bond motifs is 1. The van der Waals surface area contributed by atoms with Gasteiger partial charge >= 0.3 is 5.97 Å². The zero-order chi connectivity index (χ0) is 14.4. The lowest BCUT2D eigenvalue weighted by molar-refractivity contribution is -0.148. The molecule has 3 N–H and O–H groups in total. The first kappa shape index (κ1) is 16.3. The predicted molar refractivity (Wildman–Crippen MR) is 88.1 cm³/mol. The van der Waals surface area contributed by atoms with Crippen molar-refractivity contribution < 1.29 is 14.7 Å². The van der Waals surface area contributed by atoms with E-state index in [0.717, 1.165) is 5.82 Å². The molecule has 0 spiro atoms. The highest BCUT2D eigenvalue weighted by molar-refractivity contribution is 14.0. The number of aromatic nitrogens is 2. The van der Waals surface area contributed by atoms with Gasteiger partial charge in [-0.15, -0.1) is 35.7 Å². The summed E-state index contributed by atoms with van der Waals surface area (Å²) in [5, 5.41) is 9.16. The molecular weight excluding hydrogens is 407 g/mol. The van der Waals surface area contributed by atoms with Crippen molar-refractivity contribution in [2.75, 3.05) is 5.75 Å². The van der Waals surface area contributed by atoms with Crippen LogP contribution in [0.1, 0.15) is 5.82 Å². The molecule has 114 valence electrons. The molecule has 7 nitrogen and oxygen atoms in total. The minimum absolute atomic E-state index is 0. The number of amides is 1. The van der Waals surface area contributed by atoms with Crippen molar-refractivity contribution in [2.45, 2.75) is 24.9 Å². The van der Waals surface area contributed by atoms with Crippen molar-refractivity contribution >= 4 is 47.6 Å². The molecule has 1 unspecified atom stereocenters. The van der Waals surface area contributed by atoms with E-state index in [1.165, 1.54) is 16.7 Å². The van der Waals surface area contributed by atoms with Gasteiger partial charge < -0.3 is 15.4 Å². The van der Waals surface area contributed by atoms with Gasteiger partial charge in [-0.3, -0.25) is 9.69 Å². The third kappa shape index (κ3) is 2.57. The van der Waals surface area contributed by atoms with E-state index < -0.39 is 12.0 Å². The molecule has 0 radical (unpaired) electrons. The molecule has 1 fully saturated rings. The van der Waals surface area contributed by atoms with E-state index in [4.69, 9.17) is 5.73 Å². The summed E-state index contributed by atoms with van der Waals surface area (Å²) >= 11 is 1.51. The summed E-state index contributed by atoms with van der Waals surface area (Å²) in [4.78, 5) is 28.7. The van der Waals surface area contributed by atoms with Crippen molar-refractivity contribution in [3.8, 4) is 0 Å². The number of nitrogens with zero attached hydrogens (tertiary/aromatic N) is 3. The molecule has 21 heavy (non-hydrogen) atoms. The van der Waals surface area contributed by atoms with Crippen LogP contribution in [0.5, 0.6) is 0 Å². The van der Waals surface area contributed by atoms with E-state index in [1.807, 2.05) is 11.5 Å². The van der Waals surface area contributed by atoms with E-state index >= 15 is 0 Å².